The topological polar surface area (TPSA) is 63.9 Å². The molecule has 0 spiro atoms. The number of nitrogens with zero attached hydrogens (tertiary/aromatic N) is 5. The van der Waals surface area contributed by atoms with Crippen LogP contribution in [0.15, 0.2) is 84.3 Å². The minimum absolute atomic E-state index is 0.0854. The largest absolute Gasteiger partial charge is 0.338 e. The Labute approximate surface area is 191 Å². The molecule has 0 fully saturated rings. The van der Waals surface area contributed by atoms with Crippen molar-refractivity contribution < 1.29 is 4.79 Å². The van der Waals surface area contributed by atoms with Crippen LogP contribution in [0.4, 0.5) is 0 Å². The molecule has 5 rings (SSSR count). The SMILES string of the molecule is CN(C(=O)CSc1nnc(-c2cccnc2)n1-c1ccccc1)C1CCc2ccccc21. The number of hydrogen-bond donors (Lipinski definition) is 0. The predicted molar refractivity (Wildman–Crippen MR) is 126 cm³/mol. The van der Waals surface area contributed by atoms with Crippen molar-refractivity contribution in [1.82, 2.24) is 24.6 Å². The Morgan fingerprint density at radius 2 is 1.88 bits per heavy atom. The lowest BCUT2D eigenvalue weighted by Crippen LogP contribution is -2.31. The third kappa shape index (κ3) is 3.91. The lowest BCUT2D eigenvalue weighted by molar-refractivity contribution is -0.129. The molecule has 1 aliphatic rings. The van der Waals surface area contributed by atoms with Crippen molar-refractivity contribution >= 4 is 17.7 Å². The minimum Gasteiger partial charge on any atom is -0.338 e. The Bertz CT molecular complexity index is 1230. The van der Waals surface area contributed by atoms with Gasteiger partial charge in [0.2, 0.25) is 5.91 Å². The number of carbonyl (C=O) groups excluding carboxylic acids is 1. The first-order valence-electron chi connectivity index (χ1n) is 10.6. The molecular weight excluding hydrogens is 418 g/mol. The summed E-state index contributed by atoms with van der Waals surface area (Å²) in [5.74, 6) is 1.09. The Hall–Kier alpha value is -3.45. The normalized spacial score (nSPS) is 14.8. The van der Waals surface area contributed by atoms with E-state index in [-0.39, 0.29) is 11.9 Å². The Kier molecular flexibility index (Phi) is 5.73. The van der Waals surface area contributed by atoms with E-state index in [4.69, 9.17) is 0 Å². The highest BCUT2D eigenvalue weighted by atomic mass is 32.2. The number of para-hydroxylation sites is 1. The first-order valence-corrected chi connectivity index (χ1v) is 11.6. The van der Waals surface area contributed by atoms with Crippen LogP contribution < -0.4 is 0 Å². The van der Waals surface area contributed by atoms with E-state index in [0.29, 0.717) is 16.7 Å². The molecule has 2 aromatic heterocycles. The molecule has 0 bridgehead atoms. The van der Waals surface area contributed by atoms with E-state index >= 15 is 0 Å². The molecule has 0 N–H and O–H groups in total. The molecule has 0 aliphatic heterocycles. The van der Waals surface area contributed by atoms with Crippen molar-refractivity contribution in [2.75, 3.05) is 12.8 Å². The van der Waals surface area contributed by atoms with Gasteiger partial charge in [0.15, 0.2) is 11.0 Å². The van der Waals surface area contributed by atoms with E-state index in [0.717, 1.165) is 24.1 Å². The maximum absolute atomic E-state index is 13.1. The van der Waals surface area contributed by atoms with Gasteiger partial charge in [0.05, 0.1) is 11.8 Å². The summed E-state index contributed by atoms with van der Waals surface area (Å²) in [6.45, 7) is 0. The number of pyridine rings is 1. The summed E-state index contributed by atoms with van der Waals surface area (Å²) < 4.78 is 1.99. The van der Waals surface area contributed by atoms with Gasteiger partial charge in [-0.05, 0) is 48.2 Å². The van der Waals surface area contributed by atoms with Crippen molar-refractivity contribution in [1.29, 1.82) is 0 Å². The van der Waals surface area contributed by atoms with Gasteiger partial charge in [-0.3, -0.25) is 14.3 Å². The lowest BCUT2D eigenvalue weighted by Gasteiger charge is -2.25. The quantitative estimate of drug-likeness (QED) is 0.410. The van der Waals surface area contributed by atoms with Gasteiger partial charge < -0.3 is 4.90 Å². The summed E-state index contributed by atoms with van der Waals surface area (Å²) in [6.07, 6.45) is 5.49. The first kappa shape index (κ1) is 20.5. The van der Waals surface area contributed by atoms with Crippen LogP contribution in [0, 0.1) is 0 Å². The number of fused-ring (bicyclic) bond motifs is 1. The highest BCUT2D eigenvalue weighted by molar-refractivity contribution is 7.99. The summed E-state index contributed by atoms with van der Waals surface area (Å²) in [6, 6.07) is 22.3. The van der Waals surface area contributed by atoms with Crippen LogP contribution >= 0.6 is 11.8 Å². The maximum atomic E-state index is 13.1. The number of amides is 1. The molecule has 1 aliphatic carbocycles. The van der Waals surface area contributed by atoms with Crippen LogP contribution in [0.2, 0.25) is 0 Å². The highest BCUT2D eigenvalue weighted by Crippen LogP contribution is 2.35. The molecule has 2 aromatic carbocycles. The first-order chi connectivity index (χ1) is 15.7. The third-order valence-electron chi connectivity index (χ3n) is 5.85. The number of carbonyl (C=O) groups is 1. The molecule has 1 amide bonds. The van der Waals surface area contributed by atoms with E-state index in [1.54, 1.807) is 12.4 Å². The van der Waals surface area contributed by atoms with Gasteiger partial charge in [-0.2, -0.15) is 0 Å². The second kappa shape index (κ2) is 8.96. The second-order valence-electron chi connectivity index (χ2n) is 7.77. The van der Waals surface area contributed by atoms with Gasteiger partial charge in [-0.25, -0.2) is 0 Å². The molecule has 4 aromatic rings. The van der Waals surface area contributed by atoms with E-state index in [1.807, 2.05) is 65.0 Å². The van der Waals surface area contributed by atoms with Gasteiger partial charge >= 0.3 is 0 Å². The minimum atomic E-state index is 0.0854. The molecule has 0 saturated heterocycles. The summed E-state index contributed by atoms with van der Waals surface area (Å²) in [4.78, 5) is 19.2. The number of rotatable bonds is 6. The molecule has 0 radical (unpaired) electrons. The fraction of sp³-hybridized carbons (Fsp3) is 0.200. The van der Waals surface area contributed by atoms with Crippen LogP contribution in [-0.2, 0) is 11.2 Å². The Morgan fingerprint density at radius 3 is 2.69 bits per heavy atom. The number of aryl methyl sites for hydroxylation is 1. The molecule has 160 valence electrons. The monoisotopic (exact) mass is 441 g/mol. The summed E-state index contributed by atoms with van der Waals surface area (Å²) in [7, 11) is 1.90. The van der Waals surface area contributed by atoms with E-state index in [9.17, 15) is 4.79 Å². The van der Waals surface area contributed by atoms with Crippen molar-refractivity contribution in [3.8, 4) is 17.1 Å². The number of hydrogen-bond acceptors (Lipinski definition) is 5. The smallest absolute Gasteiger partial charge is 0.233 e. The molecule has 0 saturated carbocycles. The van der Waals surface area contributed by atoms with E-state index in [2.05, 4.69) is 33.4 Å². The molecule has 2 heterocycles. The van der Waals surface area contributed by atoms with E-state index in [1.165, 1.54) is 22.9 Å². The van der Waals surface area contributed by atoms with Crippen molar-refractivity contribution in [3.05, 3.63) is 90.3 Å². The van der Waals surface area contributed by atoms with Gasteiger partial charge in [0, 0.05) is 30.7 Å². The molecular formula is C25H23N5OS. The van der Waals surface area contributed by atoms with Crippen LogP contribution in [0.3, 0.4) is 0 Å². The number of thioether (sulfide) groups is 1. The maximum Gasteiger partial charge on any atom is 0.233 e. The summed E-state index contributed by atoms with van der Waals surface area (Å²) >= 11 is 1.41. The zero-order valence-electron chi connectivity index (χ0n) is 17.8. The average molecular weight is 442 g/mol. The van der Waals surface area contributed by atoms with Crippen LogP contribution in [0.25, 0.3) is 17.1 Å². The van der Waals surface area contributed by atoms with Crippen LogP contribution in [0.5, 0.6) is 0 Å². The Balaban J connectivity index is 1.38. The molecule has 7 heteroatoms. The molecule has 1 atom stereocenters. The van der Waals surface area contributed by atoms with Gasteiger partial charge in [-0.15, -0.1) is 10.2 Å². The second-order valence-corrected chi connectivity index (χ2v) is 8.71. The molecule has 32 heavy (non-hydrogen) atoms. The fourth-order valence-corrected chi connectivity index (χ4v) is 5.07. The number of benzene rings is 2. The average Bonchev–Trinajstić information content (AvgIpc) is 3.47. The zero-order valence-corrected chi connectivity index (χ0v) is 18.6. The van der Waals surface area contributed by atoms with Crippen LogP contribution in [0.1, 0.15) is 23.6 Å². The van der Waals surface area contributed by atoms with Gasteiger partial charge in [-0.1, -0.05) is 54.2 Å². The summed E-state index contributed by atoms with van der Waals surface area (Å²) in [5, 5.41) is 9.51. The van der Waals surface area contributed by atoms with E-state index < -0.39 is 0 Å². The summed E-state index contributed by atoms with van der Waals surface area (Å²) in [5.41, 5.74) is 4.43. The van der Waals surface area contributed by atoms with Gasteiger partial charge in [0.25, 0.3) is 0 Å². The third-order valence-corrected chi connectivity index (χ3v) is 6.77. The molecule has 6 nitrogen and oxygen atoms in total. The Morgan fingerprint density at radius 1 is 1.06 bits per heavy atom. The van der Waals surface area contributed by atoms with Crippen molar-refractivity contribution in [3.63, 3.8) is 0 Å². The van der Waals surface area contributed by atoms with Crippen LogP contribution in [-0.4, -0.2) is 43.4 Å². The van der Waals surface area contributed by atoms with Crippen molar-refractivity contribution in [2.45, 2.75) is 24.0 Å². The zero-order chi connectivity index (χ0) is 21.9. The highest BCUT2D eigenvalue weighted by Gasteiger charge is 2.28. The fourth-order valence-electron chi connectivity index (χ4n) is 4.19. The van der Waals surface area contributed by atoms with Crippen molar-refractivity contribution in [2.24, 2.45) is 0 Å². The standard InChI is InChI=1S/C25H23N5OS/c1-29(22-14-13-18-8-5-6-12-21(18)22)23(31)17-32-25-28-27-24(19-9-7-15-26-16-19)30(25)20-10-3-2-4-11-20/h2-12,15-16,22H,13-14,17H2,1H3. The lowest BCUT2D eigenvalue weighted by atomic mass is 10.1. The molecule has 1 unspecified atom stereocenters. The predicted octanol–water partition coefficient (Wildman–Crippen LogP) is 4.57. The van der Waals surface area contributed by atoms with Gasteiger partial charge in [0.1, 0.15) is 0 Å². The number of aromatic nitrogens is 4.